The zero-order valence-electron chi connectivity index (χ0n) is 19.3. The molecule has 36 heavy (non-hydrogen) atoms. The fourth-order valence-corrected chi connectivity index (χ4v) is 4.96. The summed E-state index contributed by atoms with van der Waals surface area (Å²) < 4.78 is 65.6. The fraction of sp³-hybridized carbons (Fsp3) is 0.261. The van der Waals surface area contributed by atoms with Crippen LogP contribution in [0.1, 0.15) is 25.1 Å². The molecule has 3 rings (SSSR count). The minimum Gasteiger partial charge on any atom is -0.395 e. The maximum atomic E-state index is 13.5. The Labute approximate surface area is 205 Å². The Balaban J connectivity index is 1.99. The highest BCUT2D eigenvalue weighted by molar-refractivity contribution is 7.92. The van der Waals surface area contributed by atoms with E-state index >= 15 is 0 Å². The van der Waals surface area contributed by atoms with Crippen molar-refractivity contribution in [1.29, 1.82) is 0 Å². The van der Waals surface area contributed by atoms with Gasteiger partial charge in [0.05, 0.1) is 22.8 Å². The number of urea groups is 1. The van der Waals surface area contributed by atoms with E-state index in [9.17, 15) is 26.4 Å². The van der Waals surface area contributed by atoms with E-state index in [1.807, 2.05) is 0 Å². The molecule has 1 heterocycles. The number of nitrogens with two attached hydrogens (primary N) is 1. The van der Waals surface area contributed by atoms with Gasteiger partial charge in [0.2, 0.25) is 0 Å². The third-order valence-corrected chi connectivity index (χ3v) is 7.80. The zero-order chi connectivity index (χ0) is 26.7. The third kappa shape index (κ3) is 5.57. The highest BCUT2D eigenvalue weighted by Gasteiger charge is 2.45. The number of sulfone groups is 1. The summed E-state index contributed by atoms with van der Waals surface area (Å²) in [6, 6.07) is 10.8. The number of aliphatic hydroxyl groups excluding tert-OH is 1. The van der Waals surface area contributed by atoms with Crippen molar-refractivity contribution in [1.82, 2.24) is 15.3 Å². The lowest BCUT2D eigenvalue weighted by molar-refractivity contribution is -0.139. The van der Waals surface area contributed by atoms with Crippen LogP contribution in [0.25, 0.3) is 11.4 Å². The topological polar surface area (TPSA) is 147 Å². The number of aliphatic hydroxyl groups is 1. The SMILES string of the molecule is CC(C)(c1cc(N)nc(-c2ccc(NC(=O)NCCO)cc2)n1)S(=O)(=O)c1ccccc1C(F)(F)F. The molecule has 13 heteroatoms. The van der Waals surface area contributed by atoms with Crippen LogP contribution in [0.3, 0.4) is 0 Å². The zero-order valence-corrected chi connectivity index (χ0v) is 20.1. The maximum Gasteiger partial charge on any atom is 0.417 e. The van der Waals surface area contributed by atoms with Gasteiger partial charge in [0, 0.05) is 23.9 Å². The molecule has 0 saturated carbocycles. The monoisotopic (exact) mass is 523 g/mol. The summed E-state index contributed by atoms with van der Waals surface area (Å²) in [6.07, 6.45) is -4.87. The molecule has 1 aromatic heterocycles. The summed E-state index contributed by atoms with van der Waals surface area (Å²) in [5.41, 5.74) is 5.39. The average molecular weight is 524 g/mol. The van der Waals surface area contributed by atoms with Crippen LogP contribution in [-0.4, -0.2) is 42.7 Å². The number of carbonyl (C=O) groups excluding carboxylic acids is 1. The van der Waals surface area contributed by atoms with E-state index in [-0.39, 0.29) is 30.5 Å². The molecule has 0 spiro atoms. The normalized spacial score (nSPS) is 12.3. The third-order valence-electron chi connectivity index (χ3n) is 5.31. The fourth-order valence-electron chi connectivity index (χ4n) is 3.30. The Morgan fingerprint density at radius 2 is 1.69 bits per heavy atom. The van der Waals surface area contributed by atoms with E-state index in [0.717, 1.165) is 12.1 Å². The van der Waals surface area contributed by atoms with E-state index in [1.54, 1.807) is 24.3 Å². The van der Waals surface area contributed by atoms with Crippen LogP contribution < -0.4 is 16.4 Å². The molecule has 0 aliphatic carbocycles. The molecule has 0 atom stereocenters. The van der Waals surface area contributed by atoms with E-state index in [2.05, 4.69) is 20.6 Å². The smallest absolute Gasteiger partial charge is 0.395 e. The van der Waals surface area contributed by atoms with Crippen molar-refractivity contribution in [3.63, 3.8) is 0 Å². The molecular formula is C23H24F3N5O4S. The lowest BCUT2D eigenvalue weighted by atomic mass is 10.1. The van der Waals surface area contributed by atoms with Crippen LogP contribution >= 0.6 is 0 Å². The second-order valence-electron chi connectivity index (χ2n) is 8.19. The van der Waals surface area contributed by atoms with Gasteiger partial charge in [0.1, 0.15) is 10.6 Å². The summed E-state index contributed by atoms with van der Waals surface area (Å²) in [5, 5.41) is 13.7. The molecule has 0 fully saturated rings. The number of halogens is 3. The molecule has 0 radical (unpaired) electrons. The second-order valence-corrected chi connectivity index (χ2v) is 10.7. The largest absolute Gasteiger partial charge is 0.417 e. The molecule has 0 aliphatic heterocycles. The predicted octanol–water partition coefficient (Wildman–Crippen LogP) is 3.57. The molecule has 192 valence electrons. The number of nitrogens with one attached hydrogen (secondary N) is 2. The van der Waals surface area contributed by atoms with Crippen molar-refractivity contribution in [2.75, 3.05) is 24.2 Å². The number of alkyl halides is 3. The van der Waals surface area contributed by atoms with Gasteiger partial charge in [-0.1, -0.05) is 12.1 Å². The molecule has 2 aromatic carbocycles. The number of anilines is 2. The maximum absolute atomic E-state index is 13.5. The average Bonchev–Trinajstić information content (AvgIpc) is 2.82. The number of amides is 2. The molecule has 3 aromatic rings. The Bertz CT molecular complexity index is 1360. The minimum absolute atomic E-state index is 0.0497. The van der Waals surface area contributed by atoms with Crippen LogP contribution in [-0.2, 0) is 20.8 Å². The van der Waals surface area contributed by atoms with E-state index in [1.165, 1.54) is 26.0 Å². The highest BCUT2D eigenvalue weighted by Crippen LogP contribution is 2.41. The molecule has 9 nitrogen and oxygen atoms in total. The number of nitrogens with zero attached hydrogens (tertiary/aromatic N) is 2. The minimum atomic E-state index is -4.87. The van der Waals surface area contributed by atoms with Gasteiger partial charge in [-0.25, -0.2) is 23.2 Å². The van der Waals surface area contributed by atoms with Crippen molar-refractivity contribution < 1.29 is 31.5 Å². The van der Waals surface area contributed by atoms with Crippen LogP contribution in [0.2, 0.25) is 0 Å². The van der Waals surface area contributed by atoms with Gasteiger partial charge >= 0.3 is 12.2 Å². The van der Waals surface area contributed by atoms with E-state index in [4.69, 9.17) is 10.8 Å². The number of carbonyl (C=O) groups is 1. The lowest BCUT2D eigenvalue weighted by Crippen LogP contribution is -2.32. The number of benzene rings is 2. The second kappa shape index (κ2) is 10.1. The van der Waals surface area contributed by atoms with Gasteiger partial charge in [0.15, 0.2) is 15.7 Å². The number of rotatable bonds is 7. The van der Waals surface area contributed by atoms with Gasteiger partial charge in [0.25, 0.3) is 0 Å². The first kappa shape index (κ1) is 26.9. The summed E-state index contributed by atoms with van der Waals surface area (Å²) in [7, 11) is -4.59. The molecule has 0 unspecified atom stereocenters. The van der Waals surface area contributed by atoms with E-state index < -0.39 is 37.3 Å². The predicted molar refractivity (Wildman–Crippen MR) is 128 cm³/mol. The van der Waals surface area contributed by atoms with Gasteiger partial charge in [-0.3, -0.25) is 0 Å². The Morgan fingerprint density at radius 3 is 2.31 bits per heavy atom. The first-order valence-corrected chi connectivity index (χ1v) is 12.1. The van der Waals surface area contributed by atoms with Gasteiger partial charge in [-0.2, -0.15) is 13.2 Å². The summed E-state index contributed by atoms with van der Waals surface area (Å²) in [5.74, 6) is -0.0263. The molecule has 0 saturated heterocycles. The Kier molecular flexibility index (Phi) is 7.55. The number of aromatic nitrogens is 2. The molecule has 0 bridgehead atoms. The van der Waals surface area contributed by atoms with Crippen LogP contribution in [0.5, 0.6) is 0 Å². The summed E-state index contributed by atoms with van der Waals surface area (Å²) in [4.78, 5) is 19.3. The van der Waals surface area contributed by atoms with Crippen LogP contribution in [0, 0.1) is 0 Å². The van der Waals surface area contributed by atoms with Crippen LogP contribution in [0.4, 0.5) is 29.5 Å². The quantitative estimate of drug-likeness (QED) is 0.370. The highest BCUT2D eigenvalue weighted by atomic mass is 32.2. The number of hydrogen-bond acceptors (Lipinski definition) is 7. The number of hydrogen-bond donors (Lipinski definition) is 4. The van der Waals surface area contributed by atoms with Crippen molar-refractivity contribution >= 4 is 27.4 Å². The first-order chi connectivity index (χ1) is 16.8. The van der Waals surface area contributed by atoms with Crippen molar-refractivity contribution in [3.05, 3.63) is 65.9 Å². The molecular weight excluding hydrogens is 499 g/mol. The summed E-state index contributed by atoms with van der Waals surface area (Å²) in [6.45, 7) is 2.36. The van der Waals surface area contributed by atoms with Crippen molar-refractivity contribution in [3.8, 4) is 11.4 Å². The van der Waals surface area contributed by atoms with Crippen LogP contribution in [0.15, 0.2) is 59.5 Å². The molecule has 2 amide bonds. The first-order valence-electron chi connectivity index (χ1n) is 10.6. The lowest BCUT2D eigenvalue weighted by Gasteiger charge is -2.26. The van der Waals surface area contributed by atoms with E-state index in [0.29, 0.717) is 17.3 Å². The molecule has 5 N–H and O–H groups in total. The van der Waals surface area contributed by atoms with Gasteiger partial charge in [-0.05, 0) is 50.2 Å². The molecule has 0 aliphatic rings. The Hall–Kier alpha value is -3.71. The van der Waals surface area contributed by atoms with Gasteiger partial charge in [-0.15, -0.1) is 0 Å². The van der Waals surface area contributed by atoms with Gasteiger partial charge < -0.3 is 21.5 Å². The van der Waals surface area contributed by atoms with Crippen molar-refractivity contribution in [2.24, 2.45) is 0 Å². The van der Waals surface area contributed by atoms with Crippen molar-refractivity contribution in [2.45, 2.75) is 29.7 Å². The standard InChI is InChI=1S/C23H24F3N5O4S/c1-22(2,36(34,35)17-6-4-3-5-16(17)23(24,25)26)18-13-19(27)31-20(30-18)14-7-9-15(10-8-14)29-21(33)28-11-12-32/h3-10,13,32H,11-12H2,1-2H3,(H2,27,30,31)(H2,28,29,33). The Morgan fingerprint density at radius 1 is 1.06 bits per heavy atom. The summed E-state index contributed by atoms with van der Waals surface area (Å²) >= 11 is 0. The number of nitrogen functional groups attached to an aromatic ring is 1.